The van der Waals surface area contributed by atoms with Crippen molar-refractivity contribution in [2.75, 3.05) is 7.11 Å². The van der Waals surface area contributed by atoms with Crippen LogP contribution in [0, 0.1) is 26.6 Å². The minimum absolute atomic E-state index is 0.0632. The van der Waals surface area contributed by atoms with Gasteiger partial charge in [0, 0.05) is 17.2 Å². The van der Waals surface area contributed by atoms with Gasteiger partial charge in [0.2, 0.25) is 0 Å². The van der Waals surface area contributed by atoms with Crippen molar-refractivity contribution in [3.05, 3.63) is 111 Å². The zero-order valence-electron chi connectivity index (χ0n) is 25.3. The molecule has 1 N–H and O–H groups in total. The molecule has 1 aliphatic rings. The molecule has 6 nitrogen and oxygen atoms in total. The zero-order valence-corrected chi connectivity index (χ0v) is 25.3. The van der Waals surface area contributed by atoms with Crippen molar-refractivity contribution >= 4 is 12.1 Å². The highest BCUT2D eigenvalue weighted by Crippen LogP contribution is 2.41. The monoisotopic (exact) mass is 621 g/mol. The van der Waals surface area contributed by atoms with Crippen molar-refractivity contribution < 1.29 is 41.7 Å². The third kappa shape index (κ3) is 6.22. The van der Waals surface area contributed by atoms with E-state index in [2.05, 4.69) is 0 Å². The predicted octanol–water partition coefficient (Wildman–Crippen LogP) is 8.89. The summed E-state index contributed by atoms with van der Waals surface area (Å²) in [6.45, 7) is 6.86. The number of rotatable bonds is 7. The molecule has 5 rings (SSSR count). The van der Waals surface area contributed by atoms with Crippen molar-refractivity contribution in [2.45, 2.75) is 52.6 Å². The molecule has 0 bridgehead atoms. The summed E-state index contributed by atoms with van der Waals surface area (Å²) >= 11 is 0. The van der Waals surface area contributed by atoms with Gasteiger partial charge in [-0.2, -0.15) is 13.2 Å². The SMILES string of the molecule is COc1cc(F)c(-c2ccc(C(=O)O)c(C)c2)cc1-c1ccc(C)cc1CN1C(=O)O[C@H](c2cc(C)cc(C(F)(F)F)c2)[C@@H]1C. The number of aromatic carboxylic acids is 1. The molecule has 1 fully saturated rings. The average Bonchev–Trinajstić information content (AvgIpc) is 3.24. The predicted molar refractivity (Wildman–Crippen MR) is 161 cm³/mol. The Morgan fingerprint density at radius 3 is 2.31 bits per heavy atom. The van der Waals surface area contributed by atoms with Gasteiger partial charge in [0.05, 0.1) is 30.8 Å². The van der Waals surface area contributed by atoms with Crippen LogP contribution < -0.4 is 4.74 Å². The fourth-order valence-corrected chi connectivity index (χ4v) is 5.83. The lowest BCUT2D eigenvalue weighted by atomic mass is 9.92. The molecule has 4 aromatic rings. The highest BCUT2D eigenvalue weighted by molar-refractivity contribution is 5.90. The lowest BCUT2D eigenvalue weighted by Gasteiger charge is -2.24. The number of carboxylic acids is 1. The van der Waals surface area contributed by atoms with Crippen LogP contribution in [0.25, 0.3) is 22.3 Å². The lowest BCUT2D eigenvalue weighted by Crippen LogP contribution is -2.31. The van der Waals surface area contributed by atoms with Gasteiger partial charge in [-0.3, -0.25) is 4.90 Å². The molecule has 1 amide bonds. The van der Waals surface area contributed by atoms with Gasteiger partial charge in [-0.1, -0.05) is 47.5 Å². The smallest absolute Gasteiger partial charge is 0.416 e. The van der Waals surface area contributed by atoms with Crippen molar-refractivity contribution in [1.29, 1.82) is 0 Å². The first-order valence-electron chi connectivity index (χ1n) is 14.2. The maximum Gasteiger partial charge on any atom is 0.416 e. The number of alkyl halides is 3. The molecule has 0 saturated carbocycles. The Bertz CT molecular complexity index is 1820. The first-order valence-corrected chi connectivity index (χ1v) is 14.2. The van der Waals surface area contributed by atoms with Crippen LogP contribution >= 0.6 is 0 Å². The van der Waals surface area contributed by atoms with Gasteiger partial charge in [-0.25, -0.2) is 14.0 Å². The van der Waals surface area contributed by atoms with E-state index in [9.17, 15) is 27.9 Å². The maximum absolute atomic E-state index is 15.4. The van der Waals surface area contributed by atoms with Crippen LogP contribution in [0.3, 0.4) is 0 Å². The summed E-state index contributed by atoms with van der Waals surface area (Å²) in [7, 11) is 1.42. The number of benzene rings is 4. The Labute approximate surface area is 257 Å². The number of halogens is 4. The Balaban J connectivity index is 1.54. The van der Waals surface area contributed by atoms with Crippen LogP contribution in [0.15, 0.2) is 66.7 Å². The van der Waals surface area contributed by atoms with Gasteiger partial charge in [0.25, 0.3) is 0 Å². The Morgan fingerprint density at radius 1 is 0.933 bits per heavy atom. The second-order valence-corrected chi connectivity index (χ2v) is 11.3. The number of nitrogens with zero attached hydrogens (tertiary/aromatic N) is 1. The molecular formula is C35H31F4NO5. The van der Waals surface area contributed by atoms with Crippen LogP contribution in [-0.4, -0.2) is 35.2 Å². The van der Waals surface area contributed by atoms with Crippen molar-refractivity contribution in [2.24, 2.45) is 0 Å². The molecule has 0 spiro atoms. The summed E-state index contributed by atoms with van der Waals surface area (Å²) in [5.41, 5.74) is 3.89. The number of methoxy groups -OCH3 is 1. The van der Waals surface area contributed by atoms with E-state index in [1.807, 2.05) is 25.1 Å². The Hall–Kier alpha value is -4.86. The molecule has 10 heteroatoms. The van der Waals surface area contributed by atoms with Gasteiger partial charge in [0.15, 0.2) is 0 Å². The molecule has 4 aromatic carbocycles. The summed E-state index contributed by atoms with van der Waals surface area (Å²) in [6, 6.07) is 16.1. The van der Waals surface area contributed by atoms with E-state index in [-0.39, 0.29) is 29.0 Å². The zero-order chi connectivity index (χ0) is 32.8. The van der Waals surface area contributed by atoms with E-state index < -0.39 is 41.8 Å². The lowest BCUT2D eigenvalue weighted by molar-refractivity contribution is -0.137. The second kappa shape index (κ2) is 11.9. The molecule has 1 aliphatic heterocycles. The van der Waals surface area contributed by atoms with Crippen LogP contribution in [-0.2, 0) is 17.5 Å². The third-order valence-electron chi connectivity index (χ3n) is 8.10. The standard InChI is InChI=1S/C35H31F4NO5/c1-18-6-8-27(29-15-28(30(36)16-31(29)44-5)22-7-9-26(33(41)42)20(3)13-22)24(10-18)17-40-21(4)32(45-34(40)43)23-11-19(2)12-25(14-23)35(37,38)39/h6-16,21,32H,17H2,1-5H3,(H,41,42)/t21-,32-/m0/s1. The topological polar surface area (TPSA) is 76.1 Å². The number of ether oxygens (including phenoxy) is 2. The first-order chi connectivity index (χ1) is 21.2. The van der Waals surface area contributed by atoms with Crippen LogP contribution in [0.5, 0.6) is 5.75 Å². The number of carbonyl (C=O) groups excluding carboxylic acids is 1. The van der Waals surface area contributed by atoms with Crippen LogP contribution in [0.4, 0.5) is 22.4 Å². The van der Waals surface area contributed by atoms with Crippen LogP contribution in [0.1, 0.15) is 56.8 Å². The number of carbonyl (C=O) groups is 2. The average molecular weight is 622 g/mol. The molecular weight excluding hydrogens is 590 g/mol. The largest absolute Gasteiger partial charge is 0.496 e. The number of amides is 1. The maximum atomic E-state index is 15.4. The fourth-order valence-electron chi connectivity index (χ4n) is 5.83. The highest BCUT2D eigenvalue weighted by Gasteiger charge is 2.41. The number of cyclic esters (lactones) is 1. The van der Waals surface area contributed by atoms with Gasteiger partial charge in [-0.15, -0.1) is 0 Å². The second-order valence-electron chi connectivity index (χ2n) is 11.3. The molecule has 0 aliphatic carbocycles. The summed E-state index contributed by atoms with van der Waals surface area (Å²) in [5, 5.41) is 9.42. The normalized spacial score (nSPS) is 16.6. The van der Waals surface area contributed by atoms with E-state index in [0.29, 0.717) is 33.4 Å². The molecule has 2 atom stereocenters. The summed E-state index contributed by atoms with van der Waals surface area (Å²) in [6.07, 6.45) is -6.14. The molecule has 1 saturated heterocycles. The van der Waals surface area contributed by atoms with E-state index in [1.165, 1.54) is 24.1 Å². The summed E-state index contributed by atoms with van der Waals surface area (Å²) in [5.74, 6) is -1.41. The van der Waals surface area contributed by atoms with Crippen molar-refractivity contribution in [1.82, 2.24) is 4.90 Å². The van der Waals surface area contributed by atoms with Crippen LogP contribution in [0.2, 0.25) is 0 Å². The third-order valence-corrected chi connectivity index (χ3v) is 8.10. The fraction of sp³-hybridized carbons (Fsp3) is 0.257. The van der Waals surface area contributed by atoms with E-state index in [0.717, 1.165) is 17.7 Å². The minimum Gasteiger partial charge on any atom is -0.496 e. The summed E-state index contributed by atoms with van der Waals surface area (Å²) < 4.78 is 67.2. The molecule has 0 unspecified atom stereocenters. The Kier molecular flexibility index (Phi) is 8.35. The van der Waals surface area contributed by atoms with Crippen molar-refractivity contribution in [3.8, 4) is 28.0 Å². The van der Waals surface area contributed by atoms with E-state index in [4.69, 9.17) is 9.47 Å². The molecule has 0 radical (unpaired) electrons. The number of hydrogen-bond donors (Lipinski definition) is 1. The van der Waals surface area contributed by atoms with Crippen molar-refractivity contribution in [3.63, 3.8) is 0 Å². The quantitative estimate of drug-likeness (QED) is 0.209. The summed E-state index contributed by atoms with van der Waals surface area (Å²) in [4.78, 5) is 26.1. The van der Waals surface area contributed by atoms with Gasteiger partial charge < -0.3 is 14.6 Å². The van der Waals surface area contributed by atoms with Gasteiger partial charge in [0.1, 0.15) is 17.7 Å². The number of hydrogen-bond acceptors (Lipinski definition) is 4. The number of aryl methyl sites for hydroxylation is 3. The number of carboxylic acid groups (broad SMARTS) is 1. The van der Waals surface area contributed by atoms with E-state index >= 15 is 4.39 Å². The first kappa shape index (κ1) is 31.6. The van der Waals surface area contributed by atoms with Gasteiger partial charge in [-0.05, 0) is 79.8 Å². The molecule has 1 heterocycles. The molecule has 45 heavy (non-hydrogen) atoms. The van der Waals surface area contributed by atoms with Gasteiger partial charge >= 0.3 is 18.2 Å². The van der Waals surface area contributed by atoms with E-state index in [1.54, 1.807) is 45.0 Å². The molecule has 0 aromatic heterocycles. The minimum atomic E-state index is -4.55. The Morgan fingerprint density at radius 2 is 1.67 bits per heavy atom. The molecule has 234 valence electrons. The highest BCUT2D eigenvalue weighted by atomic mass is 19.4.